The van der Waals surface area contributed by atoms with E-state index in [0.717, 1.165) is 11.1 Å². The smallest absolute Gasteiger partial charge is 0.319 e. The molecule has 2 N–H and O–H groups in total. The molecule has 152 valence electrons. The summed E-state index contributed by atoms with van der Waals surface area (Å²) in [6, 6.07) is 11.0. The number of amides is 2. The Morgan fingerprint density at radius 1 is 1.03 bits per heavy atom. The number of imidazole rings is 1. The average molecular weight is 396 g/mol. The number of hydrogen-bond donors (Lipinski definition) is 2. The van der Waals surface area contributed by atoms with Crippen molar-refractivity contribution in [3.8, 4) is 17.2 Å². The van der Waals surface area contributed by atoms with Crippen LogP contribution >= 0.6 is 0 Å². The zero-order valence-electron chi connectivity index (χ0n) is 16.6. The second kappa shape index (κ2) is 9.50. The summed E-state index contributed by atoms with van der Waals surface area (Å²) in [5, 5.41) is 5.68. The van der Waals surface area contributed by atoms with Gasteiger partial charge in [-0.3, -0.25) is 0 Å². The summed E-state index contributed by atoms with van der Waals surface area (Å²) >= 11 is 0. The van der Waals surface area contributed by atoms with Crippen molar-refractivity contribution >= 4 is 11.7 Å². The monoisotopic (exact) mass is 396 g/mol. The third-order valence-corrected chi connectivity index (χ3v) is 4.39. The number of anilines is 1. The molecule has 0 unspecified atom stereocenters. The number of nitrogens with one attached hydrogen (secondary N) is 2. The van der Waals surface area contributed by atoms with Crippen molar-refractivity contribution in [3.05, 3.63) is 66.2 Å². The second-order valence-corrected chi connectivity index (χ2v) is 6.23. The standard InChI is InChI=1S/C21H24N4O4/c1-27-18-10-17(11-19(28-2)20(18)29-3)24-21(26)23-12-15-6-4-5-7-16(15)13-25-9-8-22-14-25/h4-11,14H,12-13H2,1-3H3,(H2,23,24,26). The van der Waals surface area contributed by atoms with E-state index < -0.39 is 0 Å². The highest BCUT2D eigenvalue weighted by atomic mass is 16.5. The largest absolute Gasteiger partial charge is 0.493 e. The fourth-order valence-electron chi connectivity index (χ4n) is 2.97. The molecule has 0 atom stereocenters. The molecule has 0 aliphatic carbocycles. The van der Waals surface area contributed by atoms with Gasteiger partial charge in [0.05, 0.1) is 33.3 Å². The van der Waals surface area contributed by atoms with Crippen LogP contribution in [0.15, 0.2) is 55.1 Å². The summed E-state index contributed by atoms with van der Waals surface area (Å²) in [4.78, 5) is 16.5. The Morgan fingerprint density at radius 2 is 1.72 bits per heavy atom. The van der Waals surface area contributed by atoms with Crippen LogP contribution in [0.1, 0.15) is 11.1 Å². The van der Waals surface area contributed by atoms with E-state index in [1.165, 1.54) is 21.3 Å². The minimum Gasteiger partial charge on any atom is -0.493 e. The molecule has 0 saturated carbocycles. The molecule has 2 aromatic carbocycles. The van der Waals surface area contributed by atoms with Crippen molar-refractivity contribution in [1.82, 2.24) is 14.9 Å². The molecule has 1 aromatic heterocycles. The minimum atomic E-state index is -0.336. The van der Waals surface area contributed by atoms with Crippen molar-refractivity contribution in [2.45, 2.75) is 13.1 Å². The maximum atomic E-state index is 12.4. The van der Waals surface area contributed by atoms with Gasteiger partial charge < -0.3 is 29.4 Å². The highest BCUT2D eigenvalue weighted by molar-refractivity contribution is 5.90. The van der Waals surface area contributed by atoms with Gasteiger partial charge in [-0.25, -0.2) is 9.78 Å². The predicted octanol–water partition coefficient (Wildman–Crippen LogP) is 3.28. The first-order valence-electron chi connectivity index (χ1n) is 9.02. The third-order valence-electron chi connectivity index (χ3n) is 4.39. The summed E-state index contributed by atoms with van der Waals surface area (Å²) in [7, 11) is 4.58. The minimum absolute atomic E-state index is 0.336. The number of nitrogens with zero attached hydrogens (tertiary/aromatic N) is 2. The second-order valence-electron chi connectivity index (χ2n) is 6.23. The number of ether oxygens (including phenoxy) is 3. The lowest BCUT2D eigenvalue weighted by Gasteiger charge is -2.15. The summed E-state index contributed by atoms with van der Waals surface area (Å²) in [6.45, 7) is 1.08. The number of carbonyl (C=O) groups is 1. The molecule has 0 saturated heterocycles. The molecule has 8 heteroatoms. The molecule has 0 aliphatic rings. The number of carbonyl (C=O) groups excluding carboxylic acids is 1. The molecule has 2 amide bonds. The quantitative estimate of drug-likeness (QED) is 0.610. The van der Waals surface area contributed by atoms with Crippen molar-refractivity contribution in [1.29, 1.82) is 0 Å². The van der Waals surface area contributed by atoms with Gasteiger partial charge in [0.15, 0.2) is 11.5 Å². The maximum Gasteiger partial charge on any atom is 0.319 e. The van der Waals surface area contributed by atoms with Crippen LogP contribution in [0.3, 0.4) is 0 Å². The van der Waals surface area contributed by atoms with Crippen molar-refractivity contribution in [3.63, 3.8) is 0 Å². The fourth-order valence-corrected chi connectivity index (χ4v) is 2.97. The zero-order chi connectivity index (χ0) is 20.6. The number of methoxy groups -OCH3 is 3. The van der Waals surface area contributed by atoms with E-state index in [1.807, 2.05) is 35.0 Å². The summed E-state index contributed by atoms with van der Waals surface area (Å²) in [5.41, 5.74) is 2.67. The summed E-state index contributed by atoms with van der Waals surface area (Å²) in [5.74, 6) is 1.40. The molecule has 29 heavy (non-hydrogen) atoms. The van der Waals surface area contributed by atoms with Gasteiger partial charge in [-0.1, -0.05) is 24.3 Å². The lowest BCUT2D eigenvalue weighted by atomic mass is 10.1. The van der Waals surface area contributed by atoms with Crippen LogP contribution in [-0.2, 0) is 13.1 Å². The number of aromatic nitrogens is 2. The van der Waals surface area contributed by atoms with Crippen LogP contribution in [0.2, 0.25) is 0 Å². The Kier molecular flexibility index (Phi) is 6.57. The third kappa shape index (κ3) is 4.98. The Morgan fingerprint density at radius 3 is 2.31 bits per heavy atom. The highest BCUT2D eigenvalue weighted by Crippen LogP contribution is 2.39. The number of rotatable bonds is 8. The number of benzene rings is 2. The summed E-state index contributed by atoms with van der Waals surface area (Å²) < 4.78 is 17.9. The Hall–Kier alpha value is -3.68. The lowest BCUT2D eigenvalue weighted by molar-refractivity contribution is 0.251. The van der Waals surface area contributed by atoms with E-state index in [-0.39, 0.29) is 6.03 Å². The lowest BCUT2D eigenvalue weighted by Crippen LogP contribution is -2.28. The van der Waals surface area contributed by atoms with Crippen LogP contribution in [0.4, 0.5) is 10.5 Å². The maximum absolute atomic E-state index is 12.4. The Labute approximate surface area is 169 Å². The van der Waals surface area contributed by atoms with Crippen LogP contribution in [-0.4, -0.2) is 36.9 Å². The molecule has 0 aliphatic heterocycles. The molecule has 3 rings (SSSR count). The van der Waals surface area contributed by atoms with E-state index in [2.05, 4.69) is 15.6 Å². The van der Waals surface area contributed by atoms with Crippen LogP contribution in [0, 0.1) is 0 Å². The van der Waals surface area contributed by atoms with E-state index in [9.17, 15) is 4.79 Å². The molecule has 1 heterocycles. The van der Waals surface area contributed by atoms with Gasteiger partial charge in [-0.05, 0) is 11.1 Å². The van der Waals surface area contributed by atoms with Crippen LogP contribution < -0.4 is 24.8 Å². The van der Waals surface area contributed by atoms with Crippen LogP contribution in [0.25, 0.3) is 0 Å². The van der Waals surface area contributed by atoms with E-state index in [1.54, 1.807) is 24.7 Å². The SMILES string of the molecule is COc1cc(NC(=O)NCc2ccccc2Cn2ccnc2)cc(OC)c1OC. The molecule has 0 bridgehead atoms. The van der Waals surface area contributed by atoms with Crippen molar-refractivity contribution < 1.29 is 19.0 Å². The molecular weight excluding hydrogens is 372 g/mol. The van der Waals surface area contributed by atoms with E-state index in [4.69, 9.17) is 14.2 Å². The van der Waals surface area contributed by atoms with Crippen molar-refractivity contribution in [2.75, 3.05) is 26.6 Å². The normalized spacial score (nSPS) is 10.3. The Balaban J connectivity index is 1.66. The van der Waals surface area contributed by atoms with E-state index >= 15 is 0 Å². The predicted molar refractivity (Wildman–Crippen MR) is 110 cm³/mol. The molecule has 0 radical (unpaired) electrons. The van der Waals surface area contributed by atoms with Gasteiger partial charge in [0.1, 0.15) is 0 Å². The van der Waals surface area contributed by atoms with Crippen molar-refractivity contribution in [2.24, 2.45) is 0 Å². The summed E-state index contributed by atoms with van der Waals surface area (Å²) in [6.07, 6.45) is 5.41. The fraction of sp³-hybridized carbons (Fsp3) is 0.238. The zero-order valence-corrected chi connectivity index (χ0v) is 16.6. The number of urea groups is 1. The molecule has 0 fully saturated rings. The molecule has 0 spiro atoms. The Bertz CT molecular complexity index is 932. The first kappa shape index (κ1) is 20.1. The first-order chi connectivity index (χ1) is 14.1. The molecule has 8 nitrogen and oxygen atoms in total. The van der Waals surface area contributed by atoms with Gasteiger partial charge in [0, 0.05) is 37.6 Å². The van der Waals surface area contributed by atoms with Gasteiger partial charge in [-0.2, -0.15) is 0 Å². The van der Waals surface area contributed by atoms with Gasteiger partial charge in [0.25, 0.3) is 0 Å². The first-order valence-corrected chi connectivity index (χ1v) is 9.02. The number of hydrogen-bond acceptors (Lipinski definition) is 5. The van der Waals surface area contributed by atoms with Gasteiger partial charge >= 0.3 is 6.03 Å². The molecule has 3 aromatic rings. The topological polar surface area (TPSA) is 86.6 Å². The highest BCUT2D eigenvalue weighted by Gasteiger charge is 2.14. The van der Waals surface area contributed by atoms with Gasteiger partial charge in [-0.15, -0.1) is 0 Å². The van der Waals surface area contributed by atoms with E-state index in [0.29, 0.717) is 36.0 Å². The van der Waals surface area contributed by atoms with Crippen LogP contribution in [0.5, 0.6) is 17.2 Å². The average Bonchev–Trinajstić information content (AvgIpc) is 3.25. The van der Waals surface area contributed by atoms with Gasteiger partial charge in [0.2, 0.25) is 5.75 Å². The molecular formula is C21H24N4O4.